The molecule has 0 aliphatic rings. The van der Waals surface area contributed by atoms with Gasteiger partial charge in [0.15, 0.2) is 0 Å². The van der Waals surface area contributed by atoms with Crippen LogP contribution in [0.5, 0.6) is 0 Å². The van der Waals surface area contributed by atoms with E-state index in [-0.39, 0.29) is 0 Å². The number of hydrogen-bond acceptors (Lipinski definition) is 3. The van der Waals surface area contributed by atoms with Crippen LogP contribution in [0.4, 0.5) is 5.69 Å². The summed E-state index contributed by atoms with van der Waals surface area (Å²) in [7, 11) is 0. The zero-order valence-electron chi connectivity index (χ0n) is 12.2. The molecule has 2 aromatic carbocycles. The minimum absolute atomic E-state index is 0.371. The normalized spacial score (nSPS) is 11.0. The molecule has 1 N–H and O–H groups in total. The molecule has 0 saturated carbocycles. The zero-order valence-corrected chi connectivity index (χ0v) is 12.2. The van der Waals surface area contributed by atoms with Gasteiger partial charge in [-0.15, -0.1) is 0 Å². The molecule has 0 aliphatic heterocycles. The van der Waals surface area contributed by atoms with Gasteiger partial charge in [0.2, 0.25) is 5.78 Å². The predicted octanol–water partition coefficient (Wildman–Crippen LogP) is 2.16. The Bertz CT molecular complexity index is 688. The minimum atomic E-state index is -0.867. The van der Waals surface area contributed by atoms with Gasteiger partial charge in [-0.1, -0.05) is 55.1 Å². The van der Waals surface area contributed by atoms with Crippen LogP contribution in [0.3, 0.4) is 0 Å². The molecule has 2 aromatic rings. The third-order valence-electron chi connectivity index (χ3n) is 3.16. The average Bonchev–Trinajstić information content (AvgIpc) is 2.56. The Morgan fingerprint density at radius 1 is 1.05 bits per heavy atom. The topological polar surface area (TPSA) is 69.2 Å². The van der Waals surface area contributed by atoms with E-state index in [4.69, 9.17) is 0 Å². The smallest absolute Gasteiger partial charge is 0.296 e. The third kappa shape index (κ3) is 4.06. The fraction of sp³-hybridized carbons (Fsp3) is 0.111. The van der Waals surface area contributed by atoms with Gasteiger partial charge < -0.3 is 10.4 Å². The summed E-state index contributed by atoms with van der Waals surface area (Å²) in [6.07, 6.45) is 1.71. The highest BCUT2D eigenvalue weighted by atomic mass is 16.3. The first-order valence-corrected chi connectivity index (χ1v) is 6.98. The maximum Gasteiger partial charge on any atom is 0.296 e. The minimum Gasteiger partial charge on any atom is -0.872 e. The summed E-state index contributed by atoms with van der Waals surface area (Å²) in [5, 5.41) is 14.3. The lowest BCUT2D eigenvalue weighted by molar-refractivity contribution is -0.243. The Kier molecular flexibility index (Phi) is 5.09. The van der Waals surface area contributed by atoms with Crippen LogP contribution in [-0.2, 0) is 16.0 Å². The van der Waals surface area contributed by atoms with Gasteiger partial charge in [-0.05, 0) is 35.8 Å². The maximum atomic E-state index is 11.8. The van der Waals surface area contributed by atoms with Gasteiger partial charge in [0.25, 0.3) is 5.91 Å². The molecule has 0 atom stereocenters. The fourth-order valence-electron chi connectivity index (χ4n) is 1.89. The molecule has 4 nitrogen and oxygen atoms in total. The van der Waals surface area contributed by atoms with Gasteiger partial charge in [-0.3, -0.25) is 9.59 Å². The van der Waals surface area contributed by atoms with Crippen molar-refractivity contribution in [1.29, 1.82) is 0 Å². The summed E-state index contributed by atoms with van der Waals surface area (Å²) in [5.41, 5.74) is 2.03. The van der Waals surface area contributed by atoms with E-state index in [2.05, 4.69) is 5.32 Å². The lowest BCUT2D eigenvalue weighted by Gasteiger charge is -2.11. The van der Waals surface area contributed by atoms with Crippen LogP contribution in [0.2, 0.25) is 0 Å². The second-order valence-electron chi connectivity index (χ2n) is 4.74. The fourth-order valence-corrected chi connectivity index (χ4v) is 1.89. The van der Waals surface area contributed by atoms with Crippen molar-refractivity contribution in [3.05, 3.63) is 71.8 Å². The van der Waals surface area contributed by atoms with E-state index in [1.807, 2.05) is 19.1 Å². The molecule has 22 heavy (non-hydrogen) atoms. The Morgan fingerprint density at radius 2 is 1.68 bits per heavy atom. The van der Waals surface area contributed by atoms with E-state index in [0.717, 1.165) is 18.1 Å². The molecule has 0 saturated heterocycles. The molecular formula is C18H16NO3-. The Hall–Kier alpha value is -2.88. The molecule has 0 spiro atoms. The van der Waals surface area contributed by atoms with E-state index >= 15 is 0 Å². The number of hydrogen-bond donors (Lipinski definition) is 1. The first-order valence-electron chi connectivity index (χ1n) is 6.98. The van der Waals surface area contributed by atoms with Crippen molar-refractivity contribution >= 4 is 23.1 Å². The number of carbonyl (C=O) groups is 2. The van der Waals surface area contributed by atoms with Crippen molar-refractivity contribution in [2.45, 2.75) is 13.3 Å². The first kappa shape index (κ1) is 15.5. The molecular weight excluding hydrogens is 278 g/mol. The van der Waals surface area contributed by atoms with E-state index in [9.17, 15) is 14.7 Å². The number of anilines is 1. The molecule has 2 rings (SSSR count). The summed E-state index contributed by atoms with van der Waals surface area (Å²) in [4.78, 5) is 23.6. The monoisotopic (exact) mass is 294 g/mol. The highest BCUT2D eigenvalue weighted by molar-refractivity contribution is 6.45. The summed E-state index contributed by atoms with van der Waals surface area (Å²) in [5.74, 6) is -2.18. The lowest BCUT2D eigenvalue weighted by atomic mass is 10.1. The largest absolute Gasteiger partial charge is 0.872 e. The molecule has 0 heterocycles. The molecule has 1 amide bonds. The van der Waals surface area contributed by atoms with Gasteiger partial charge in [-0.2, -0.15) is 0 Å². The Balaban J connectivity index is 2.04. The van der Waals surface area contributed by atoms with Crippen molar-refractivity contribution < 1.29 is 14.7 Å². The van der Waals surface area contributed by atoms with Crippen molar-refractivity contribution in [2.75, 3.05) is 5.32 Å². The lowest BCUT2D eigenvalue weighted by Crippen LogP contribution is -2.22. The van der Waals surface area contributed by atoms with Crippen molar-refractivity contribution in [1.82, 2.24) is 0 Å². The maximum absolute atomic E-state index is 11.8. The standard InChI is InChI=1S/C18H17NO3/c1-2-13-8-10-15(11-9-13)19-18(22)17(21)12-16(20)14-6-4-3-5-7-14/h3-12,20H,2H2,1H3,(H,19,22)/p-1. The second-order valence-corrected chi connectivity index (χ2v) is 4.74. The molecule has 0 fully saturated rings. The van der Waals surface area contributed by atoms with Crippen molar-refractivity contribution in [3.8, 4) is 0 Å². The Labute approximate surface area is 129 Å². The van der Waals surface area contributed by atoms with Crippen LogP contribution in [0.15, 0.2) is 60.7 Å². The summed E-state index contributed by atoms with van der Waals surface area (Å²) < 4.78 is 0. The summed E-state index contributed by atoms with van der Waals surface area (Å²) in [6, 6.07) is 15.5. The van der Waals surface area contributed by atoms with Crippen LogP contribution in [0.1, 0.15) is 18.1 Å². The number of amides is 1. The van der Waals surface area contributed by atoms with Gasteiger partial charge >= 0.3 is 0 Å². The molecule has 0 aliphatic carbocycles. The quantitative estimate of drug-likeness (QED) is 0.522. The van der Waals surface area contributed by atoms with Crippen LogP contribution in [0, 0.1) is 0 Å². The number of benzene rings is 2. The Morgan fingerprint density at radius 3 is 2.27 bits per heavy atom. The average molecular weight is 294 g/mol. The first-order chi connectivity index (χ1) is 10.6. The number of rotatable bonds is 5. The molecule has 0 bridgehead atoms. The highest BCUT2D eigenvalue weighted by Gasteiger charge is 2.10. The zero-order chi connectivity index (χ0) is 15.9. The molecule has 0 radical (unpaired) electrons. The summed E-state index contributed by atoms with van der Waals surface area (Å²) >= 11 is 0. The number of aryl methyl sites for hydroxylation is 1. The molecule has 112 valence electrons. The number of nitrogens with one attached hydrogen (secondary N) is 1. The van der Waals surface area contributed by atoms with Crippen molar-refractivity contribution in [2.24, 2.45) is 0 Å². The van der Waals surface area contributed by atoms with E-state index in [1.54, 1.807) is 42.5 Å². The highest BCUT2D eigenvalue weighted by Crippen LogP contribution is 2.11. The van der Waals surface area contributed by atoms with Crippen LogP contribution < -0.4 is 10.4 Å². The number of ketones is 1. The second kappa shape index (κ2) is 7.22. The van der Waals surface area contributed by atoms with Gasteiger partial charge in [0, 0.05) is 5.69 Å². The number of carbonyl (C=O) groups excluding carboxylic acids is 2. The predicted molar refractivity (Wildman–Crippen MR) is 83.9 cm³/mol. The van der Waals surface area contributed by atoms with Crippen molar-refractivity contribution in [3.63, 3.8) is 0 Å². The van der Waals surface area contributed by atoms with Gasteiger partial charge in [0.05, 0.1) is 0 Å². The van der Waals surface area contributed by atoms with Gasteiger partial charge in [-0.25, -0.2) is 0 Å². The van der Waals surface area contributed by atoms with Crippen LogP contribution in [0.25, 0.3) is 5.76 Å². The SMILES string of the molecule is CCc1ccc(NC(=O)C(=O)C=C([O-])c2ccccc2)cc1. The van der Waals surface area contributed by atoms with Crippen LogP contribution in [-0.4, -0.2) is 11.7 Å². The summed E-state index contributed by atoms with van der Waals surface area (Å²) in [6.45, 7) is 2.03. The van der Waals surface area contributed by atoms with E-state index < -0.39 is 17.4 Å². The van der Waals surface area contributed by atoms with E-state index in [1.165, 1.54) is 0 Å². The van der Waals surface area contributed by atoms with Gasteiger partial charge in [0.1, 0.15) is 0 Å². The molecule has 4 heteroatoms. The van der Waals surface area contributed by atoms with Crippen LogP contribution >= 0.6 is 0 Å². The third-order valence-corrected chi connectivity index (χ3v) is 3.16. The molecule has 0 aromatic heterocycles. The molecule has 0 unspecified atom stereocenters. The van der Waals surface area contributed by atoms with E-state index in [0.29, 0.717) is 11.3 Å².